The average molecular weight is 452 g/mol. The summed E-state index contributed by atoms with van der Waals surface area (Å²) in [5.41, 5.74) is 1.33. The highest BCUT2D eigenvalue weighted by Crippen LogP contribution is 2.25. The molecule has 0 spiro atoms. The van der Waals surface area contributed by atoms with E-state index in [0.29, 0.717) is 34.9 Å². The monoisotopic (exact) mass is 451 g/mol. The molecule has 0 aliphatic rings. The molecule has 0 radical (unpaired) electrons. The molecule has 0 bridgehead atoms. The van der Waals surface area contributed by atoms with E-state index in [0.717, 1.165) is 8.66 Å². The van der Waals surface area contributed by atoms with Crippen LogP contribution in [0.5, 0.6) is 0 Å². The van der Waals surface area contributed by atoms with E-state index < -0.39 is 0 Å². The number of aryl methyl sites for hydroxylation is 1. The molecule has 0 fully saturated rings. The van der Waals surface area contributed by atoms with Gasteiger partial charge in [0, 0.05) is 22.7 Å². The van der Waals surface area contributed by atoms with Gasteiger partial charge in [0.2, 0.25) is 5.91 Å². The molecule has 136 valence electrons. The minimum absolute atomic E-state index is 0.0130. The van der Waals surface area contributed by atoms with Gasteiger partial charge in [-0.05, 0) is 54.9 Å². The number of pyridine rings is 1. The van der Waals surface area contributed by atoms with Gasteiger partial charge in [0.05, 0.1) is 21.6 Å². The van der Waals surface area contributed by atoms with Crippen molar-refractivity contribution in [1.29, 1.82) is 5.26 Å². The van der Waals surface area contributed by atoms with E-state index in [1.807, 2.05) is 19.1 Å². The third-order valence-corrected chi connectivity index (χ3v) is 6.30. The maximum absolute atomic E-state index is 12.6. The minimum atomic E-state index is -0.126. The molecule has 0 unspecified atom stereocenters. The van der Waals surface area contributed by atoms with Gasteiger partial charge in [-0.1, -0.05) is 11.8 Å². The summed E-state index contributed by atoms with van der Waals surface area (Å²) >= 11 is 6.27. The maximum Gasteiger partial charge on any atom is 0.233 e. The summed E-state index contributed by atoms with van der Waals surface area (Å²) in [6.07, 6.45) is 0. The molecule has 5 nitrogen and oxygen atoms in total. The van der Waals surface area contributed by atoms with Crippen LogP contribution in [-0.2, 0) is 11.3 Å². The first-order valence-corrected chi connectivity index (χ1v) is 10.5. The van der Waals surface area contributed by atoms with Gasteiger partial charge >= 0.3 is 0 Å². The summed E-state index contributed by atoms with van der Waals surface area (Å²) in [7, 11) is 0. The molecule has 0 saturated heterocycles. The van der Waals surface area contributed by atoms with Gasteiger partial charge in [-0.2, -0.15) is 5.26 Å². The highest BCUT2D eigenvalue weighted by atomic mass is 79.9. The van der Waals surface area contributed by atoms with Gasteiger partial charge in [0.25, 0.3) is 0 Å². The highest BCUT2D eigenvalue weighted by molar-refractivity contribution is 9.11. The number of hydrogen-bond donors (Lipinski definition) is 0. The number of carbonyl (C=O) groups is 2. The van der Waals surface area contributed by atoms with Crippen molar-refractivity contribution in [1.82, 2.24) is 9.88 Å². The molecule has 0 saturated carbocycles. The van der Waals surface area contributed by atoms with E-state index in [-0.39, 0.29) is 17.4 Å². The van der Waals surface area contributed by atoms with Crippen molar-refractivity contribution in [3.8, 4) is 6.07 Å². The molecular formula is C18H18BrN3O2S2. The molecule has 2 rings (SSSR count). The Morgan fingerprint density at radius 3 is 2.69 bits per heavy atom. The third-order valence-electron chi connectivity index (χ3n) is 3.72. The van der Waals surface area contributed by atoms with Crippen molar-refractivity contribution in [2.24, 2.45) is 0 Å². The number of halogens is 1. The summed E-state index contributed by atoms with van der Waals surface area (Å²) in [5.74, 6) is 0.0559. The molecule has 0 aromatic carbocycles. The molecule has 2 aromatic rings. The normalized spacial score (nSPS) is 10.4. The van der Waals surface area contributed by atoms with Crippen LogP contribution in [0.1, 0.15) is 40.3 Å². The molecule has 1 amide bonds. The number of Topliss-reactive ketones (excluding diaryl/α,β-unsaturated/α-hetero) is 1. The fraction of sp³-hybridized carbons (Fsp3) is 0.333. The fourth-order valence-electron chi connectivity index (χ4n) is 2.35. The van der Waals surface area contributed by atoms with Gasteiger partial charge in [-0.15, -0.1) is 11.3 Å². The molecule has 0 aliphatic carbocycles. The van der Waals surface area contributed by atoms with Crippen LogP contribution in [0.2, 0.25) is 0 Å². The Morgan fingerprint density at radius 2 is 2.15 bits per heavy atom. The van der Waals surface area contributed by atoms with Gasteiger partial charge in [-0.25, -0.2) is 4.98 Å². The predicted molar refractivity (Wildman–Crippen MR) is 108 cm³/mol. The van der Waals surface area contributed by atoms with Crippen LogP contribution in [0.15, 0.2) is 27.0 Å². The van der Waals surface area contributed by atoms with Gasteiger partial charge in [0.15, 0.2) is 5.78 Å². The number of hydrogen-bond acceptors (Lipinski definition) is 6. The third kappa shape index (κ3) is 5.16. The lowest BCUT2D eigenvalue weighted by atomic mass is 10.1. The van der Waals surface area contributed by atoms with E-state index in [2.05, 4.69) is 27.0 Å². The second kappa shape index (κ2) is 9.31. The number of nitrogens with zero attached hydrogens (tertiary/aromatic N) is 3. The van der Waals surface area contributed by atoms with Crippen molar-refractivity contribution in [2.75, 3.05) is 12.3 Å². The Hall–Kier alpha value is -1.69. The lowest BCUT2D eigenvalue weighted by Crippen LogP contribution is -2.31. The van der Waals surface area contributed by atoms with E-state index in [1.165, 1.54) is 18.7 Å². The first-order valence-electron chi connectivity index (χ1n) is 7.93. The van der Waals surface area contributed by atoms with E-state index >= 15 is 0 Å². The zero-order valence-electron chi connectivity index (χ0n) is 14.7. The van der Waals surface area contributed by atoms with Crippen LogP contribution in [0.25, 0.3) is 0 Å². The molecule has 0 atom stereocenters. The van der Waals surface area contributed by atoms with E-state index in [4.69, 9.17) is 0 Å². The number of aromatic nitrogens is 1. The summed E-state index contributed by atoms with van der Waals surface area (Å²) in [6, 6.07) is 7.58. The maximum atomic E-state index is 12.6. The van der Waals surface area contributed by atoms with Gasteiger partial charge in [0.1, 0.15) is 11.1 Å². The van der Waals surface area contributed by atoms with E-state index in [9.17, 15) is 14.9 Å². The molecule has 8 heteroatoms. The quantitative estimate of drug-likeness (QED) is 0.459. The van der Waals surface area contributed by atoms with Crippen LogP contribution >= 0.6 is 39.0 Å². The first-order chi connectivity index (χ1) is 12.3. The lowest BCUT2D eigenvalue weighted by Gasteiger charge is -2.20. The van der Waals surface area contributed by atoms with Crippen LogP contribution in [-0.4, -0.2) is 33.9 Å². The molecular weight excluding hydrogens is 434 g/mol. The topological polar surface area (TPSA) is 74.1 Å². The molecule has 0 N–H and O–H groups in total. The van der Waals surface area contributed by atoms with Gasteiger partial charge in [-0.3, -0.25) is 9.59 Å². The van der Waals surface area contributed by atoms with Crippen molar-refractivity contribution in [2.45, 2.75) is 32.3 Å². The number of thiophene rings is 1. The largest absolute Gasteiger partial charge is 0.337 e. The van der Waals surface area contributed by atoms with E-state index in [1.54, 1.807) is 29.2 Å². The summed E-state index contributed by atoms with van der Waals surface area (Å²) < 4.78 is 1.04. The summed E-state index contributed by atoms with van der Waals surface area (Å²) in [5, 5.41) is 9.80. The molecule has 2 heterocycles. The average Bonchev–Trinajstić information content (AvgIpc) is 3.02. The number of carbonyl (C=O) groups excluding carboxylic acids is 2. The van der Waals surface area contributed by atoms with Crippen molar-refractivity contribution < 1.29 is 9.59 Å². The Bertz CT molecular complexity index is 874. The molecule has 2 aromatic heterocycles. The predicted octanol–water partition coefficient (Wildman–Crippen LogP) is 4.43. The van der Waals surface area contributed by atoms with Crippen LogP contribution in [0, 0.1) is 18.3 Å². The van der Waals surface area contributed by atoms with Crippen LogP contribution in [0.3, 0.4) is 0 Å². The van der Waals surface area contributed by atoms with Crippen LogP contribution in [0.4, 0.5) is 0 Å². The summed E-state index contributed by atoms with van der Waals surface area (Å²) in [4.78, 5) is 31.4. The SMILES string of the molecule is CCN(Cc1ccc(Br)s1)C(=O)CSc1nc(C)c(C(C)=O)cc1C#N. The highest BCUT2D eigenvalue weighted by Gasteiger charge is 2.17. The second-order valence-corrected chi connectivity index (χ2v) is 9.06. The fourth-order valence-corrected chi connectivity index (χ4v) is 4.76. The zero-order chi connectivity index (χ0) is 19.3. The Balaban J connectivity index is 2.09. The smallest absolute Gasteiger partial charge is 0.233 e. The molecule has 0 aliphatic heterocycles. The number of nitriles is 1. The van der Waals surface area contributed by atoms with Crippen LogP contribution < -0.4 is 0 Å². The standard InChI is InChI=1S/C18H18BrN3O2S2/c1-4-22(9-14-5-6-16(19)26-14)17(24)10-25-18-13(8-20)7-15(12(3)23)11(2)21-18/h5-7H,4,9-10H2,1-3H3. The van der Waals surface area contributed by atoms with Crippen molar-refractivity contribution >= 4 is 50.7 Å². The second-order valence-electron chi connectivity index (χ2n) is 5.54. The molecule has 26 heavy (non-hydrogen) atoms. The number of thioether (sulfide) groups is 1. The lowest BCUT2D eigenvalue weighted by molar-refractivity contribution is -0.128. The Labute approximate surface area is 169 Å². The Kier molecular flexibility index (Phi) is 7.38. The number of rotatable bonds is 7. The Morgan fingerprint density at radius 1 is 1.42 bits per heavy atom. The minimum Gasteiger partial charge on any atom is -0.337 e. The summed E-state index contributed by atoms with van der Waals surface area (Å²) in [6.45, 7) is 6.29. The van der Waals surface area contributed by atoms with Gasteiger partial charge < -0.3 is 4.90 Å². The zero-order valence-corrected chi connectivity index (χ0v) is 17.9. The van der Waals surface area contributed by atoms with Crippen molar-refractivity contribution in [3.63, 3.8) is 0 Å². The van der Waals surface area contributed by atoms with Crippen molar-refractivity contribution in [3.05, 3.63) is 43.7 Å². The number of amides is 1. The number of ketones is 1. The first kappa shape index (κ1) is 20.6.